The van der Waals surface area contributed by atoms with Gasteiger partial charge in [0.1, 0.15) is 122 Å². The van der Waals surface area contributed by atoms with Crippen molar-refractivity contribution in [3.8, 4) is 0 Å². The summed E-state index contributed by atoms with van der Waals surface area (Å²) in [5.41, 5.74) is 0. The van der Waals surface area contributed by atoms with Gasteiger partial charge in [-0.05, 0) is 19.3 Å². The molecule has 5 rings (SSSR count). The van der Waals surface area contributed by atoms with Crippen LogP contribution in [0.25, 0.3) is 0 Å². The van der Waals surface area contributed by atoms with Gasteiger partial charge in [-0.2, -0.15) is 0 Å². The van der Waals surface area contributed by atoms with E-state index in [2.05, 4.69) is 24.5 Å². The van der Waals surface area contributed by atoms with Crippen LogP contribution in [0.2, 0.25) is 0 Å². The van der Waals surface area contributed by atoms with Crippen LogP contribution in [0.4, 0.5) is 0 Å². The molecule has 2 amide bonds. The number of rotatable bonds is 50. The van der Waals surface area contributed by atoms with Crippen molar-refractivity contribution in [1.82, 2.24) is 10.6 Å². The number of aliphatic hydroxyl groups is 16. The highest BCUT2D eigenvalue weighted by molar-refractivity contribution is 5.76. The van der Waals surface area contributed by atoms with Gasteiger partial charge in [-0.25, -0.2) is 0 Å². The SMILES string of the molecule is CCCCCCCCCCCCC/C=C/[C@@H](O)[C@H](CO[C@@H]1OC(CO)[C@@H](O[C@@H]2OC(CO)[C@H](O[C@@H]3OC(CO)[C@H](O)[C@H](O[C@@H]4OC(CO)[C@H](O)[C@H](O[C@H]5OC(CO)[C@H](O)[C@H](O)C5O)C4O)C3NC(C)=O)[C@H](O)C2O)[C@H](O)C1O)NC(=O)CCCCCCCCCCCCCCCCCCC. The van der Waals surface area contributed by atoms with Gasteiger partial charge >= 0.3 is 0 Å². The smallest absolute Gasteiger partial charge is 0.220 e. The third-order valence-corrected chi connectivity index (χ3v) is 19.7. The van der Waals surface area contributed by atoms with E-state index in [-0.39, 0.29) is 12.3 Å². The van der Waals surface area contributed by atoms with Crippen LogP contribution >= 0.6 is 0 Å². The highest BCUT2D eigenvalue weighted by Crippen LogP contribution is 2.37. The molecule has 27 atom stereocenters. The number of ether oxygens (including phenoxy) is 10. The van der Waals surface area contributed by atoms with Gasteiger partial charge in [0, 0.05) is 13.3 Å². The lowest BCUT2D eigenvalue weighted by Gasteiger charge is -2.50. The van der Waals surface area contributed by atoms with Gasteiger partial charge in [0.2, 0.25) is 11.8 Å². The average molecular weight is 1450 g/mol. The maximum atomic E-state index is 13.5. The number of hydrogen-bond acceptors (Lipinski definition) is 28. The molecule has 5 saturated heterocycles. The van der Waals surface area contributed by atoms with Gasteiger partial charge in [-0.1, -0.05) is 193 Å². The zero-order valence-electron chi connectivity index (χ0n) is 59.3. The van der Waals surface area contributed by atoms with Crippen molar-refractivity contribution in [3.63, 3.8) is 0 Å². The first-order valence-corrected chi connectivity index (χ1v) is 37.5. The van der Waals surface area contributed by atoms with Crippen LogP contribution < -0.4 is 10.6 Å². The van der Waals surface area contributed by atoms with Crippen molar-refractivity contribution in [1.29, 1.82) is 0 Å². The highest BCUT2D eigenvalue weighted by Gasteiger charge is 2.57. The number of unbranched alkanes of at least 4 members (excludes halogenated alkanes) is 27. The average Bonchev–Trinajstić information content (AvgIpc) is 0.777. The lowest BCUT2D eigenvalue weighted by molar-refractivity contribution is -0.385. The Balaban J connectivity index is 1.19. The van der Waals surface area contributed by atoms with Crippen molar-refractivity contribution >= 4 is 11.8 Å². The molecule has 0 saturated carbocycles. The molecule has 0 aromatic heterocycles. The molecule has 10 unspecified atom stereocenters. The molecule has 0 spiro atoms. The van der Waals surface area contributed by atoms with Crippen LogP contribution in [-0.2, 0) is 57.0 Å². The Hall–Kier alpha value is -2.36. The van der Waals surface area contributed by atoms with Gasteiger partial charge < -0.3 is 140 Å². The van der Waals surface area contributed by atoms with E-state index >= 15 is 0 Å². The summed E-state index contributed by atoms with van der Waals surface area (Å²) in [6, 6.07) is -2.78. The summed E-state index contributed by atoms with van der Waals surface area (Å²) in [5, 5.41) is 181. The van der Waals surface area contributed by atoms with Crippen molar-refractivity contribution in [3.05, 3.63) is 12.2 Å². The molecule has 5 aliphatic rings. The van der Waals surface area contributed by atoms with Crippen LogP contribution in [-0.4, -0.2) is 299 Å². The number of amides is 2. The van der Waals surface area contributed by atoms with E-state index in [1.807, 2.05) is 6.08 Å². The fourth-order valence-electron chi connectivity index (χ4n) is 13.6. The normalized spacial score (nSPS) is 35.6. The van der Waals surface area contributed by atoms with E-state index in [1.54, 1.807) is 6.08 Å². The van der Waals surface area contributed by atoms with E-state index in [4.69, 9.17) is 47.4 Å². The second-order valence-electron chi connectivity index (χ2n) is 27.8. The monoisotopic (exact) mass is 1440 g/mol. The Morgan fingerprint density at radius 3 is 1.20 bits per heavy atom. The van der Waals surface area contributed by atoms with Crippen molar-refractivity contribution in [2.24, 2.45) is 0 Å². The molecule has 5 aliphatic heterocycles. The quantitative estimate of drug-likeness (QED) is 0.0289. The largest absolute Gasteiger partial charge is 0.394 e. The standard InChI is InChI=1S/C70H128N2O28/c1-4-6-8-10-12-14-16-18-19-20-21-23-25-27-29-31-33-35-50(80)72-43(44(79)34-32-30-28-26-24-22-17-15-13-11-9-7-5-2)41-91-67-59(88)56(85)63(48(39-76)95-67)98-69-60(89)57(86)62(49(40-77)96-69)97-66-51(71-42(3)78)64(53(82)46(37-74)92-66)99-70-61(90)65(54(83)47(38-75)94-70)100-68-58(87)55(84)52(81)45(36-73)93-68/h32,34,43-49,51-70,73-77,79,81-90H,4-31,33,35-41H2,1-3H3,(H,71,78)(H,72,80)/b34-32+/t43-,44+,45?,46?,47?,48?,49?,51?,52-,53-,54-,55-,56+,57+,58?,59?,60?,61?,62-,63+,64+,65-,66-,67+,68+,69-,70-/m0/s1. The topological polar surface area (TPSA) is 474 Å². The van der Waals surface area contributed by atoms with E-state index in [1.165, 1.54) is 128 Å². The molecular formula is C70H128N2O28. The van der Waals surface area contributed by atoms with Crippen molar-refractivity contribution < 1.29 is 139 Å². The number of aliphatic hydroxyl groups excluding tert-OH is 16. The van der Waals surface area contributed by atoms with Crippen LogP contribution in [0.1, 0.15) is 213 Å². The third kappa shape index (κ3) is 28.1. The van der Waals surface area contributed by atoms with E-state index < -0.39 is 211 Å². The second-order valence-corrected chi connectivity index (χ2v) is 27.8. The fraction of sp³-hybridized carbons (Fsp3) is 0.943. The van der Waals surface area contributed by atoms with Gasteiger partial charge in [0.25, 0.3) is 0 Å². The molecule has 0 radical (unpaired) electrons. The number of hydrogen-bond donors (Lipinski definition) is 18. The fourth-order valence-corrected chi connectivity index (χ4v) is 13.6. The molecule has 0 bridgehead atoms. The van der Waals surface area contributed by atoms with Gasteiger partial charge in [-0.3, -0.25) is 9.59 Å². The van der Waals surface area contributed by atoms with Gasteiger partial charge in [-0.15, -0.1) is 0 Å². The first kappa shape index (κ1) is 88.3. The van der Waals surface area contributed by atoms with Crippen LogP contribution in [0.3, 0.4) is 0 Å². The Morgan fingerprint density at radius 1 is 0.390 bits per heavy atom. The Bertz CT molecular complexity index is 2180. The molecule has 100 heavy (non-hydrogen) atoms. The zero-order valence-corrected chi connectivity index (χ0v) is 59.3. The van der Waals surface area contributed by atoms with Gasteiger partial charge in [0.05, 0.1) is 51.8 Å². The molecule has 30 heteroatoms. The molecule has 5 heterocycles. The number of carbonyl (C=O) groups excluding carboxylic acids is 2. The second kappa shape index (κ2) is 48.8. The highest BCUT2D eigenvalue weighted by atomic mass is 16.8. The maximum Gasteiger partial charge on any atom is 0.220 e. The molecule has 0 aliphatic carbocycles. The maximum absolute atomic E-state index is 13.5. The minimum absolute atomic E-state index is 0.197. The molecule has 0 aromatic carbocycles. The number of nitrogens with one attached hydrogen (secondary N) is 2. The number of carbonyl (C=O) groups is 2. The van der Waals surface area contributed by atoms with E-state index in [0.29, 0.717) is 12.8 Å². The minimum atomic E-state index is -2.16. The van der Waals surface area contributed by atoms with Crippen molar-refractivity contribution in [2.45, 2.75) is 379 Å². The summed E-state index contributed by atoms with van der Waals surface area (Å²) in [5.74, 6) is -1.15. The molecule has 0 aromatic rings. The lowest BCUT2D eigenvalue weighted by atomic mass is 9.94. The van der Waals surface area contributed by atoms with E-state index in [0.717, 1.165) is 51.9 Å². The predicted molar refractivity (Wildman–Crippen MR) is 359 cm³/mol. The Kier molecular flexibility index (Phi) is 43.0. The van der Waals surface area contributed by atoms with Crippen LogP contribution in [0.5, 0.6) is 0 Å². The molecule has 5 fully saturated rings. The zero-order chi connectivity index (χ0) is 73.1. The lowest BCUT2D eigenvalue weighted by Crippen LogP contribution is -2.70. The van der Waals surface area contributed by atoms with Crippen molar-refractivity contribution in [2.75, 3.05) is 39.6 Å². The molecule has 30 nitrogen and oxygen atoms in total. The van der Waals surface area contributed by atoms with E-state index in [9.17, 15) is 91.3 Å². The summed E-state index contributed by atoms with van der Waals surface area (Å²) in [4.78, 5) is 26.3. The Morgan fingerprint density at radius 2 is 0.740 bits per heavy atom. The van der Waals surface area contributed by atoms with Gasteiger partial charge in [0.15, 0.2) is 31.5 Å². The van der Waals surface area contributed by atoms with Crippen LogP contribution in [0, 0.1) is 0 Å². The first-order chi connectivity index (χ1) is 48.2. The Labute approximate surface area is 589 Å². The summed E-state index contributed by atoms with van der Waals surface area (Å²) in [6.07, 6.45) is -8.60. The summed E-state index contributed by atoms with van der Waals surface area (Å²) >= 11 is 0. The number of allylic oxidation sites excluding steroid dienone is 1. The molecule has 586 valence electrons. The minimum Gasteiger partial charge on any atom is -0.394 e. The third-order valence-electron chi connectivity index (χ3n) is 19.7. The first-order valence-electron chi connectivity index (χ1n) is 37.5. The molecule has 18 N–H and O–H groups in total. The molecular weight excluding hydrogens is 1320 g/mol. The summed E-state index contributed by atoms with van der Waals surface area (Å²) in [7, 11) is 0. The predicted octanol–water partition coefficient (Wildman–Crippen LogP) is 0.388. The summed E-state index contributed by atoms with van der Waals surface area (Å²) in [6.45, 7) is 0.346. The summed E-state index contributed by atoms with van der Waals surface area (Å²) < 4.78 is 58.4. The van der Waals surface area contributed by atoms with Crippen LogP contribution in [0.15, 0.2) is 12.2 Å².